The molecular weight excluding hydrogens is 188 g/mol. The molecule has 1 rings (SSSR count). The molecule has 0 radical (unpaired) electrons. The molecule has 0 saturated heterocycles. The first-order chi connectivity index (χ1) is 6.07. The lowest BCUT2D eigenvalue weighted by Crippen LogP contribution is -2.02. The highest BCUT2D eigenvalue weighted by molar-refractivity contribution is 6.33. The van der Waals surface area contributed by atoms with Crippen LogP contribution in [0.1, 0.15) is 33.2 Å². The van der Waals surface area contributed by atoms with Crippen molar-refractivity contribution in [3.63, 3.8) is 0 Å². The Morgan fingerprint density at radius 1 is 1.46 bits per heavy atom. The van der Waals surface area contributed by atoms with Crippen LogP contribution in [0.25, 0.3) is 0 Å². The number of carbonyl (C=O) groups excluding carboxylic acids is 2. The molecule has 0 amide bonds. The lowest BCUT2D eigenvalue weighted by molar-refractivity contribution is 0.100. The van der Waals surface area contributed by atoms with E-state index in [0.717, 1.165) is 5.56 Å². The molecule has 0 aliphatic rings. The van der Waals surface area contributed by atoms with Crippen molar-refractivity contribution >= 4 is 23.7 Å². The van der Waals surface area contributed by atoms with Crippen molar-refractivity contribution in [2.75, 3.05) is 0 Å². The summed E-state index contributed by atoms with van der Waals surface area (Å²) in [5.41, 5.74) is 1.48. The van der Waals surface area contributed by atoms with Gasteiger partial charge in [0.05, 0.1) is 5.02 Å². The van der Waals surface area contributed by atoms with Gasteiger partial charge in [-0.3, -0.25) is 9.59 Å². The number of hydrogen-bond donors (Lipinski definition) is 0. The first-order valence-corrected chi connectivity index (χ1v) is 4.21. The quantitative estimate of drug-likeness (QED) is 0.538. The fourth-order valence-electron chi connectivity index (χ4n) is 1.29. The van der Waals surface area contributed by atoms with Crippen LogP contribution >= 0.6 is 11.6 Å². The molecule has 0 heterocycles. The summed E-state index contributed by atoms with van der Waals surface area (Å²) < 4.78 is 0. The molecule has 68 valence electrons. The zero-order valence-corrected chi connectivity index (χ0v) is 8.18. The van der Waals surface area contributed by atoms with E-state index >= 15 is 0 Å². The van der Waals surface area contributed by atoms with Crippen LogP contribution < -0.4 is 0 Å². The average molecular weight is 197 g/mol. The summed E-state index contributed by atoms with van der Waals surface area (Å²) in [6, 6.07) is 3.35. The van der Waals surface area contributed by atoms with Crippen LogP contribution in [-0.2, 0) is 0 Å². The minimum Gasteiger partial charge on any atom is -0.298 e. The van der Waals surface area contributed by atoms with Crippen LogP contribution in [0.5, 0.6) is 0 Å². The van der Waals surface area contributed by atoms with E-state index in [9.17, 15) is 9.59 Å². The largest absolute Gasteiger partial charge is 0.298 e. The van der Waals surface area contributed by atoms with Crippen molar-refractivity contribution < 1.29 is 9.59 Å². The molecule has 0 aromatic heterocycles. The lowest BCUT2D eigenvalue weighted by Gasteiger charge is -2.06. The minimum atomic E-state index is -0.137. The van der Waals surface area contributed by atoms with Gasteiger partial charge < -0.3 is 0 Å². The SMILES string of the molecule is CC(=O)c1c(C)ccc(Cl)c1C=O. The van der Waals surface area contributed by atoms with Gasteiger partial charge in [-0.25, -0.2) is 0 Å². The molecule has 0 fully saturated rings. The van der Waals surface area contributed by atoms with Crippen molar-refractivity contribution in [2.24, 2.45) is 0 Å². The number of rotatable bonds is 2. The van der Waals surface area contributed by atoms with Crippen molar-refractivity contribution in [1.29, 1.82) is 0 Å². The molecule has 0 saturated carbocycles. The monoisotopic (exact) mass is 196 g/mol. The number of halogens is 1. The minimum absolute atomic E-state index is 0.137. The van der Waals surface area contributed by atoms with Gasteiger partial charge in [0.2, 0.25) is 0 Å². The Morgan fingerprint density at radius 3 is 2.46 bits per heavy atom. The van der Waals surface area contributed by atoms with E-state index in [1.165, 1.54) is 6.92 Å². The fraction of sp³-hybridized carbons (Fsp3) is 0.200. The number of aryl methyl sites for hydroxylation is 1. The van der Waals surface area contributed by atoms with E-state index in [0.29, 0.717) is 16.9 Å². The van der Waals surface area contributed by atoms with E-state index in [1.54, 1.807) is 19.1 Å². The Labute approximate surface area is 81.5 Å². The van der Waals surface area contributed by atoms with Gasteiger partial charge in [-0.05, 0) is 25.5 Å². The second kappa shape index (κ2) is 3.71. The van der Waals surface area contributed by atoms with Crippen LogP contribution in [0, 0.1) is 6.92 Å². The van der Waals surface area contributed by atoms with Crippen molar-refractivity contribution in [3.8, 4) is 0 Å². The van der Waals surface area contributed by atoms with E-state index in [4.69, 9.17) is 11.6 Å². The summed E-state index contributed by atoms with van der Waals surface area (Å²) in [6.07, 6.45) is 0.617. The summed E-state index contributed by atoms with van der Waals surface area (Å²) in [6.45, 7) is 3.20. The predicted octanol–water partition coefficient (Wildman–Crippen LogP) is 2.66. The summed E-state index contributed by atoms with van der Waals surface area (Å²) in [7, 11) is 0. The van der Waals surface area contributed by atoms with Gasteiger partial charge >= 0.3 is 0 Å². The Hall–Kier alpha value is -1.15. The summed E-state index contributed by atoms with van der Waals surface area (Å²) in [5.74, 6) is -0.137. The second-order valence-corrected chi connectivity index (χ2v) is 3.23. The molecule has 0 spiro atoms. The van der Waals surface area contributed by atoms with Crippen LogP contribution in [0.3, 0.4) is 0 Å². The summed E-state index contributed by atoms with van der Waals surface area (Å²) in [4.78, 5) is 21.8. The van der Waals surface area contributed by atoms with Gasteiger partial charge in [-0.15, -0.1) is 0 Å². The highest BCUT2D eigenvalue weighted by Crippen LogP contribution is 2.21. The van der Waals surface area contributed by atoms with Crippen LogP contribution in [0.4, 0.5) is 0 Å². The molecule has 2 nitrogen and oxygen atoms in total. The molecule has 0 aliphatic heterocycles. The van der Waals surface area contributed by atoms with Crippen LogP contribution in [-0.4, -0.2) is 12.1 Å². The Kier molecular flexibility index (Phi) is 2.83. The molecule has 1 aromatic rings. The number of benzene rings is 1. The first kappa shape index (κ1) is 9.93. The number of hydrogen-bond acceptors (Lipinski definition) is 2. The molecule has 0 N–H and O–H groups in total. The van der Waals surface area contributed by atoms with Crippen molar-refractivity contribution in [2.45, 2.75) is 13.8 Å². The highest BCUT2D eigenvalue weighted by atomic mass is 35.5. The molecule has 0 unspecified atom stereocenters. The van der Waals surface area contributed by atoms with Gasteiger partial charge in [0.1, 0.15) is 0 Å². The zero-order valence-electron chi connectivity index (χ0n) is 7.43. The first-order valence-electron chi connectivity index (χ1n) is 3.83. The summed E-state index contributed by atoms with van der Waals surface area (Å²) >= 11 is 5.76. The smallest absolute Gasteiger partial charge is 0.160 e. The van der Waals surface area contributed by atoms with Crippen molar-refractivity contribution in [1.82, 2.24) is 0 Å². The molecule has 0 bridgehead atoms. The summed E-state index contributed by atoms with van der Waals surface area (Å²) in [5, 5.41) is 0.325. The third-order valence-electron chi connectivity index (χ3n) is 1.87. The molecule has 3 heteroatoms. The van der Waals surface area contributed by atoms with E-state index in [1.807, 2.05) is 0 Å². The molecular formula is C10H9ClO2. The van der Waals surface area contributed by atoms with Crippen LogP contribution in [0.15, 0.2) is 12.1 Å². The third-order valence-corrected chi connectivity index (χ3v) is 2.20. The zero-order chi connectivity index (χ0) is 10.0. The number of aldehydes is 1. The standard InChI is InChI=1S/C10H9ClO2/c1-6-3-4-9(11)8(5-12)10(6)7(2)13/h3-5H,1-2H3. The van der Waals surface area contributed by atoms with Crippen LogP contribution in [0.2, 0.25) is 5.02 Å². The van der Waals surface area contributed by atoms with Crippen molar-refractivity contribution in [3.05, 3.63) is 33.8 Å². The maximum Gasteiger partial charge on any atom is 0.160 e. The second-order valence-electron chi connectivity index (χ2n) is 2.83. The Balaban J connectivity index is 3.52. The molecule has 0 atom stereocenters. The van der Waals surface area contributed by atoms with Gasteiger partial charge in [0.25, 0.3) is 0 Å². The predicted molar refractivity (Wildman–Crippen MR) is 51.6 cm³/mol. The maximum absolute atomic E-state index is 11.2. The van der Waals surface area contributed by atoms with Gasteiger partial charge in [0, 0.05) is 11.1 Å². The fourth-order valence-corrected chi connectivity index (χ4v) is 1.49. The number of Topliss-reactive ketones (excluding diaryl/α,β-unsaturated/α-hetero) is 1. The number of ketones is 1. The lowest BCUT2D eigenvalue weighted by atomic mass is 10.00. The third kappa shape index (κ3) is 1.78. The van der Waals surface area contributed by atoms with Gasteiger partial charge in [-0.2, -0.15) is 0 Å². The molecule has 13 heavy (non-hydrogen) atoms. The van der Waals surface area contributed by atoms with E-state index in [2.05, 4.69) is 0 Å². The molecule has 0 aliphatic carbocycles. The number of carbonyl (C=O) groups is 2. The Morgan fingerprint density at radius 2 is 2.08 bits per heavy atom. The van der Waals surface area contributed by atoms with E-state index in [-0.39, 0.29) is 11.3 Å². The average Bonchev–Trinajstić information content (AvgIpc) is 2.07. The van der Waals surface area contributed by atoms with Gasteiger partial charge in [0.15, 0.2) is 12.1 Å². The maximum atomic E-state index is 11.2. The highest BCUT2D eigenvalue weighted by Gasteiger charge is 2.12. The van der Waals surface area contributed by atoms with Gasteiger partial charge in [-0.1, -0.05) is 17.7 Å². The Bertz CT molecular complexity index is 369. The van der Waals surface area contributed by atoms with E-state index < -0.39 is 0 Å². The topological polar surface area (TPSA) is 34.1 Å². The normalized spacial score (nSPS) is 9.77. The molecule has 1 aromatic carbocycles.